The normalized spacial score (nSPS) is 18.1. The fourth-order valence-electron chi connectivity index (χ4n) is 3.33. The lowest BCUT2D eigenvalue weighted by atomic mass is 9.87. The summed E-state index contributed by atoms with van der Waals surface area (Å²) in [5.74, 6) is 1.56. The predicted octanol–water partition coefficient (Wildman–Crippen LogP) is 3.01. The highest BCUT2D eigenvalue weighted by Crippen LogP contribution is 2.26. The third kappa shape index (κ3) is 3.92. The van der Waals surface area contributed by atoms with Gasteiger partial charge in [-0.2, -0.15) is 0 Å². The van der Waals surface area contributed by atoms with Crippen molar-refractivity contribution in [2.24, 2.45) is 5.92 Å². The Morgan fingerprint density at radius 1 is 1.30 bits per heavy atom. The lowest BCUT2D eigenvalue weighted by molar-refractivity contribution is 0.329. The predicted molar refractivity (Wildman–Crippen MR) is 81.9 cm³/mol. The molecule has 1 unspecified atom stereocenters. The highest BCUT2D eigenvalue weighted by atomic mass is 16.1. The molecule has 2 rings (SSSR count). The number of hydrogen-bond acceptors (Lipinski definition) is 3. The Morgan fingerprint density at radius 2 is 2.00 bits per heavy atom. The zero-order valence-corrected chi connectivity index (χ0v) is 13.0. The minimum absolute atomic E-state index is 0.00679. The second kappa shape index (κ2) is 7.02. The lowest BCUT2D eigenvalue weighted by Gasteiger charge is -2.23. The molecule has 4 nitrogen and oxygen atoms in total. The van der Waals surface area contributed by atoms with Gasteiger partial charge in [0.1, 0.15) is 5.82 Å². The summed E-state index contributed by atoms with van der Waals surface area (Å²) in [5, 5.41) is 3.49. The topological polar surface area (TPSA) is 57.8 Å². The van der Waals surface area contributed by atoms with Gasteiger partial charge in [0.2, 0.25) is 0 Å². The van der Waals surface area contributed by atoms with Gasteiger partial charge in [0.25, 0.3) is 5.56 Å². The molecule has 20 heavy (non-hydrogen) atoms. The maximum Gasteiger partial charge on any atom is 0.255 e. The van der Waals surface area contributed by atoms with Gasteiger partial charge in [0, 0.05) is 11.7 Å². The third-order valence-corrected chi connectivity index (χ3v) is 4.43. The van der Waals surface area contributed by atoms with E-state index in [1.165, 1.54) is 38.5 Å². The van der Waals surface area contributed by atoms with Crippen LogP contribution in [0.5, 0.6) is 0 Å². The summed E-state index contributed by atoms with van der Waals surface area (Å²) in [4.78, 5) is 19.2. The molecule has 112 valence electrons. The lowest BCUT2D eigenvalue weighted by Crippen LogP contribution is -2.29. The second-order valence-electron chi connectivity index (χ2n) is 6.12. The number of nitrogens with one attached hydrogen (secondary N) is 2. The van der Waals surface area contributed by atoms with E-state index in [2.05, 4.69) is 22.2 Å². The van der Waals surface area contributed by atoms with Gasteiger partial charge in [-0.1, -0.05) is 32.1 Å². The minimum atomic E-state index is -0.00679. The van der Waals surface area contributed by atoms with Crippen LogP contribution >= 0.6 is 0 Å². The molecule has 2 N–H and O–H groups in total. The summed E-state index contributed by atoms with van der Waals surface area (Å²) in [5.41, 5.74) is 1.61. The van der Waals surface area contributed by atoms with Crippen molar-refractivity contribution in [3.63, 3.8) is 0 Å². The fraction of sp³-hybridized carbons (Fsp3) is 0.750. The van der Waals surface area contributed by atoms with Gasteiger partial charge in [-0.05, 0) is 39.7 Å². The number of H-pyrrole nitrogens is 1. The summed E-state index contributed by atoms with van der Waals surface area (Å²) < 4.78 is 0. The van der Waals surface area contributed by atoms with Crippen LogP contribution in [-0.4, -0.2) is 16.5 Å². The molecule has 1 saturated carbocycles. The molecule has 1 aromatic rings. The standard InChI is InChI=1S/C16H27N3O/c1-11(15-12(2)18-13(3)19-16(15)20)17-10-9-14-7-5-4-6-8-14/h11,14,17H,4-10H2,1-3H3,(H,18,19,20). The molecule has 0 aromatic carbocycles. The SMILES string of the molecule is Cc1nc(C)c(C(C)NCCC2CCCCC2)c(=O)[nH]1. The quantitative estimate of drug-likeness (QED) is 0.870. The maximum absolute atomic E-state index is 12.0. The molecule has 0 bridgehead atoms. The molecule has 1 aliphatic rings. The number of rotatable bonds is 5. The molecule has 0 saturated heterocycles. The first-order chi connectivity index (χ1) is 9.58. The van der Waals surface area contributed by atoms with Crippen LogP contribution in [0.4, 0.5) is 0 Å². The van der Waals surface area contributed by atoms with E-state index in [4.69, 9.17) is 0 Å². The molecular weight excluding hydrogens is 250 g/mol. The molecule has 1 aromatic heterocycles. The second-order valence-corrected chi connectivity index (χ2v) is 6.12. The van der Waals surface area contributed by atoms with Crippen molar-refractivity contribution >= 4 is 0 Å². The molecule has 4 heteroatoms. The van der Waals surface area contributed by atoms with Crippen molar-refractivity contribution in [1.82, 2.24) is 15.3 Å². The monoisotopic (exact) mass is 277 g/mol. The van der Waals surface area contributed by atoms with Gasteiger partial charge in [-0.15, -0.1) is 0 Å². The number of aryl methyl sites for hydroxylation is 2. The van der Waals surface area contributed by atoms with Crippen LogP contribution in [0, 0.1) is 19.8 Å². The Kier molecular flexibility index (Phi) is 5.35. The first kappa shape index (κ1) is 15.2. The van der Waals surface area contributed by atoms with Gasteiger partial charge in [-0.25, -0.2) is 4.98 Å². The number of nitrogens with zero attached hydrogens (tertiary/aromatic N) is 1. The van der Waals surface area contributed by atoms with Crippen LogP contribution in [0.2, 0.25) is 0 Å². The van der Waals surface area contributed by atoms with Crippen molar-refractivity contribution in [3.05, 3.63) is 27.4 Å². The summed E-state index contributed by atoms with van der Waals surface area (Å²) in [7, 11) is 0. The van der Waals surface area contributed by atoms with Crippen LogP contribution < -0.4 is 10.9 Å². The van der Waals surface area contributed by atoms with Gasteiger partial charge in [0.15, 0.2) is 0 Å². The van der Waals surface area contributed by atoms with E-state index in [1.807, 2.05) is 13.8 Å². The first-order valence-electron chi connectivity index (χ1n) is 7.88. The Morgan fingerprint density at radius 3 is 2.65 bits per heavy atom. The smallest absolute Gasteiger partial charge is 0.255 e. The van der Waals surface area contributed by atoms with Crippen molar-refractivity contribution in [3.8, 4) is 0 Å². The number of aromatic nitrogens is 2. The van der Waals surface area contributed by atoms with E-state index >= 15 is 0 Å². The van der Waals surface area contributed by atoms with Gasteiger partial charge in [-0.3, -0.25) is 4.79 Å². The van der Waals surface area contributed by atoms with Crippen LogP contribution in [0.1, 0.15) is 68.6 Å². The van der Waals surface area contributed by atoms with Crippen molar-refractivity contribution in [1.29, 1.82) is 0 Å². The van der Waals surface area contributed by atoms with Crippen LogP contribution in [0.15, 0.2) is 4.79 Å². The average molecular weight is 277 g/mol. The Balaban J connectivity index is 1.88. The van der Waals surface area contributed by atoms with E-state index in [0.717, 1.165) is 23.7 Å². The number of hydrogen-bond donors (Lipinski definition) is 2. The molecule has 1 heterocycles. The molecule has 1 aliphatic carbocycles. The Hall–Kier alpha value is -1.16. The largest absolute Gasteiger partial charge is 0.310 e. The molecule has 0 amide bonds. The zero-order chi connectivity index (χ0) is 14.5. The van der Waals surface area contributed by atoms with E-state index in [0.29, 0.717) is 5.82 Å². The summed E-state index contributed by atoms with van der Waals surface area (Å²) >= 11 is 0. The summed E-state index contributed by atoms with van der Waals surface area (Å²) in [6.45, 7) is 6.77. The Labute approximate surface area is 121 Å². The molecule has 0 spiro atoms. The minimum Gasteiger partial charge on any atom is -0.310 e. The summed E-state index contributed by atoms with van der Waals surface area (Å²) in [6, 6.07) is 0.0652. The van der Waals surface area contributed by atoms with Crippen LogP contribution in [0.3, 0.4) is 0 Å². The first-order valence-corrected chi connectivity index (χ1v) is 7.88. The van der Waals surface area contributed by atoms with Crippen molar-refractivity contribution in [2.75, 3.05) is 6.54 Å². The molecule has 1 atom stereocenters. The van der Waals surface area contributed by atoms with Gasteiger partial charge < -0.3 is 10.3 Å². The fourth-order valence-corrected chi connectivity index (χ4v) is 3.33. The highest BCUT2D eigenvalue weighted by molar-refractivity contribution is 5.19. The van der Waals surface area contributed by atoms with Gasteiger partial charge >= 0.3 is 0 Å². The van der Waals surface area contributed by atoms with Crippen LogP contribution in [0.25, 0.3) is 0 Å². The van der Waals surface area contributed by atoms with Gasteiger partial charge in [0.05, 0.1) is 5.56 Å². The maximum atomic E-state index is 12.0. The molecular formula is C16H27N3O. The average Bonchev–Trinajstić information content (AvgIpc) is 2.38. The van der Waals surface area contributed by atoms with E-state index in [9.17, 15) is 4.79 Å². The number of aromatic amines is 1. The van der Waals surface area contributed by atoms with E-state index < -0.39 is 0 Å². The van der Waals surface area contributed by atoms with E-state index in [1.54, 1.807) is 0 Å². The van der Waals surface area contributed by atoms with E-state index in [-0.39, 0.29) is 11.6 Å². The zero-order valence-electron chi connectivity index (χ0n) is 13.0. The third-order valence-electron chi connectivity index (χ3n) is 4.43. The Bertz CT molecular complexity index is 489. The van der Waals surface area contributed by atoms with Crippen LogP contribution in [-0.2, 0) is 0 Å². The van der Waals surface area contributed by atoms with Crippen molar-refractivity contribution in [2.45, 2.75) is 65.3 Å². The molecule has 1 fully saturated rings. The molecule has 0 radical (unpaired) electrons. The molecule has 0 aliphatic heterocycles. The highest BCUT2D eigenvalue weighted by Gasteiger charge is 2.16. The van der Waals surface area contributed by atoms with Crippen molar-refractivity contribution < 1.29 is 0 Å². The summed E-state index contributed by atoms with van der Waals surface area (Å²) in [6.07, 6.45) is 8.16.